The number of hydrogen-bond donors (Lipinski definition) is 2. The van der Waals surface area contributed by atoms with Gasteiger partial charge in [-0.25, -0.2) is 13.1 Å². The highest BCUT2D eigenvalue weighted by Gasteiger charge is 2.40. The number of anilines is 1. The molecule has 1 aliphatic rings. The molecule has 1 aromatic carbocycles. The molecule has 0 spiro atoms. The number of nitrogens with two attached hydrogens (primary N) is 1. The predicted octanol–water partition coefficient (Wildman–Crippen LogP) is 1.26. The number of para-hydroxylation sites is 1. The van der Waals surface area contributed by atoms with Crippen LogP contribution in [0.2, 0.25) is 0 Å². The summed E-state index contributed by atoms with van der Waals surface area (Å²) < 4.78 is 32.7. The highest BCUT2D eigenvalue weighted by molar-refractivity contribution is 7.88. The van der Waals surface area contributed by atoms with Gasteiger partial charge in [-0.15, -0.1) is 0 Å². The first-order valence-electron chi connectivity index (χ1n) is 6.29. The topological polar surface area (TPSA) is 81.4 Å². The van der Waals surface area contributed by atoms with Crippen LogP contribution in [0.4, 0.5) is 5.69 Å². The van der Waals surface area contributed by atoms with Crippen LogP contribution in [-0.2, 0) is 20.5 Å². The fourth-order valence-electron chi connectivity index (χ4n) is 2.23. The minimum atomic E-state index is -3.44. The van der Waals surface area contributed by atoms with Crippen molar-refractivity contribution in [3.63, 3.8) is 0 Å². The van der Waals surface area contributed by atoms with Crippen molar-refractivity contribution in [2.45, 2.75) is 37.7 Å². The summed E-state index contributed by atoms with van der Waals surface area (Å²) in [5, 5.41) is 0. The SMILES string of the molecule is CC1OCCC1(C)NS(=O)(=O)Cc1ccccc1N. The first-order chi connectivity index (χ1) is 8.82. The van der Waals surface area contributed by atoms with E-state index in [1.807, 2.05) is 13.8 Å². The van der Waals surface area contributed by atoms with E-state index in [4.69, 9.17) is 10.5 Å². The van der Waals surface area contributed by atoms with Gasteiger partial charge in [0, 0.05) is 12.3 Å². The molecule has 2 atom stereocenters. The Kier molecular flexibility index (Phi) is 3.85. The largest absolute Gasteiger partial charge is 0.398 e. The molecule has 0 saturated carbocycles. The smallest absolute Gasteiger partial charge is 0.216 e. The van der Waals surface area contributed by atoms with E-state index in [1.165, 1.54) is 0 Å². The standard InChI is InChI=1S/C13H20N2O3S/c1-10-13(2,7-8-18-10)15-19(16,17)9-11-5-3-4-6-12(11)14/h3-6,10,15H,7-9,14H2,1-2H3. The van der Waals surface area contributed by atoms with Crippen LogP contribution in [0.3, 0.4) is 0 Å². The van der Waals surface area contributed by atoms with Gasteiger partial charge in [0.1, 0.15) is 0 Å². The Hall–Kier alpha value is -1.11. The first-order valence-corrected chi connectivity index (χ1v) is 7.94. The van der Waals surface area contributed by atoms with Crippen LogP contribution in [0.1, 0.15) is 25.8 Å². The number of nitrogens with one attached hydrogen (secondary N) is 1. The van der Waals surface area contributed by atoms with Crippen LogP contribution in [-0.4, -0.2) is 26.7 Å². The normalized spacial score (nSPS) is 27.6. The molecule has 6 heteroatoms. The third kappa shape index (κ3) is 3.26. The van der Waals surface area contributed by atoms with E-state index >= 15 is 0 Å². The highest BCUT2D eigenvalue weighted by atomic mass is 32.2. The van der Waals surface area contributed by atoms with Crippen LogP contribution in [0.25, 0.3) is 0 Å². The van der Waals surface area contributed by atoms with Crippen molar-refractivity contribution < 1.29 is 13.2 Å². The zero-order chi connectivity index (χ0) is 14.1. The molecule has 1 aromatic rings. The zero-order valence-corrected chi connectivity index (χ0v) is 12.0. The van der Waals surface area contributed by atoms with Gasteiger partial charge >= 0.3 is 0 Å². The Balaban J connectivity index is 2.14. The van der Waals surface area contributed by atoms with Gasteiger partial charge in [0.15, 0.2) is 0 Å². The molecular formula is C13H20N2O3S. The quantitative estimate of drug-likeness (QED) is 0.815. The Morgan fingerprint density at radius 3 is 2.74 bits per heavy atom. The fraction of sp³-hybridized carbons (Fsp3) is 0.538. The molecule has 5 nitrogen and oxygen atoms in total. The monoisotopic (exact) mass is 284 g/mol. The number of sulfonamides is 1. The van der Waals surface area contributed by atoms with Gasteiger partial charge in [-0.3, -0.25) is 0 Å². The Morgan fingerprint density at radius 1 is 1.47 bits per heavy atom. The van der Waals surface area contributed by atoms with Gasteiger partial charge in [-0.05, 0) is 31.9 Å². The van der Waals surface area contributed by atoms with Gasteiger partial charge in [0.25, 0.3) is 0 Å². The highest BCUT2D eigenvalue weighted by Crippen LogP contribution is 2.26. The molecule has 0 aliphatic carbocycles. The maximum atomic E-state index is 12.2. The molecule has 1 fully saturated rings. The summed E-state index contributed by atoms with van der Waals surface area (Å²) in [6.45, 7) is 4.33. The van der Waals surface area contributed by atoms with E-state index in [0.717, 1.165) is 0 Å². The third-order valence-corrected chi connectivity index (χ3v) is 5.14. The number of ether oxygens (including phenoxy) is 1. The molecule has 3 N–H and O–H groups in total. The molecule has 19 heavy (non-hydrogen) atoms. The minimum absolute atomic E-state index is 0.109. The summed E-state index contributed by atoms with van der Waals surface area (Å²) in [6.07, 6.45) is 0.549. The average Bonchev–Trinajstić information content (AvgIpc) is 2.61. The van der Waals surface area contributed by atoms with Gasteiger partial charge in [-0.1, -0.05) is 18.2 Å². The molecule has 106 valence electrons. The summed E-state index contributed by atoms with van der Waals surface area (Å²) in [4.78, 5) is 0. The molecule has 0 amide bonds. The van der Waals surface area contributed by atoms with E-state index in [-0.39, 0.29) is 11.9 Å². The van der Waals surface area contributed by atoms with Crippen molar-refractivity contribution in [1.29, 1.82) is 0 Å². The van der Waals surface area contributed by atoms with Crippen LogP contribution in [0.5, 0.6) is 0 Å². The number of nitrogen functional groups attached to an aromatic ring is 1. The zero-order valence-electron chi connectivity index (χ0n) is 11.2. The van der Waals surface area contributed by atoms with Crippen molar-refractivity contribution >= 4 is 15.7 Å². The Morgan fingerprint density at radius 2 is 2.16 bits per heavy atom. The second-order valence-electron chi connectivity index (χ2n) is 5.24. The van der Waals surface area contributed by atoms with E-state index in [0.29, 0.717) is 24.3 Å². The van der Waals surface area contributed by atoms with Gasteiger partial charge in [-0.2, -0.15) is 0 Å². The molecule has 1 aliphatic heterocycles. The van der Waals surface area contributed by atoms with E-state index in [9.17, 15) is 8.42 Å². The van der Waals surface area contributed by atoms with E-state index in [2.05, 4.69) is 4.72 Å². The molecule has 2 unspecified atom stereocenters. The van der Waals surface area contributed by atoms with Crippen molar-refractivity contribution in [2.75, 3.05) is 12.3 Å². The summed E-state index contributed by atoms with van der Waals surface area (Å²) in [6, 6.07) is 7.00. The van der Waals surface area contributed by atoms with Crippen molar-refractivity contribution in [3.8, 4) is 0 Å². The summed E-state index contributed by atoms with van der Waals surface area (Å²) in [5.41, 5.74) is 6.35. The number of benzene rings is 1. The van der Waals surface area contributed by atoms with Crippen LogP contribution in [0.15, 0.2) is 24.3 Å². The average molecular weight is 284 g/mol. The first kappa shape index (κ1) is 14.3. The van der Waals surface area contributed by atoms with E-state index in [1.54, 1.807) is 24.3 Å². The summed E-state index contributed by atoms with van der Waals surface area (Å²) >= 11 is 0. The Bertz CT molecular complexity index is 559. The predicted molar refractivity (Wildman–Crippen MR) is 75.0 cm³/mol. The van der Waals surface area contributed by atoms with Crippen LogP contribution < -0.4 is 10.5 Å². The van der Waals surface area contributed by atoms with Crippen LogP contribution >= 0.6 is 0 Å². The maximum absolute atomic E-state index is 12.2. The number of hydrogen-bond acceptors (Lipinski definition) is 4. The minimum Gasteiger partial charge on any atom is -0.398 e. The Labute approximate surface area is 114 Å². The molecule has 0 bridgehead atoms. The lowest BCUT2D eigenvalue weighted by Crippen LogP contribution is -2.50. The molecule has 1 saturated heterocycles. The fourth-order valence-corrected chi connectivity index (χ4v) is 3.95. The van der Waals surface area contributed by atoms with Gasteiger partial charge < -0.3 is 10.5 Å². The van der Waals surface area contributed by atoms with Gasteiger partial charge in [0.2, 0.25) is 10.0 Å². The lowest BCUT2D eigenvalue weighted by atomic mass is 9.97. The molecule has 2 rings (SSSR count). The van der Waals surface area contributed by atoms with Gasteiger partial charge in [0.05, 0.1) is 17.4 Å². The van der Waals surface area contributed by atoms with Crippen molar-refractivity contribution in [3.05, 3.63) is 29.8 Å². The maximum Gasteiger partial charge on any atom is 0.216 e. The van der Waals surface area contributed by atoms with Crippen molar-refractivity contribution in [2.24, 2.45) is 0 Å². The molecular weight excluding hydrogens is 264 g/mol. The molecule has 0 radical (unpaired) electrons. The van der Waals surface area contributed by atoms with Crippen LogP contribution in [0, 0.1) is 0 Å². The molecule has 1 heterocycles. The second kappa shape index (κ2) is 5.11. The lowest BCUT2D eigenvalue weighted by molar-refractivity contribution is 0.0957. The second-order valence-corrected chi connectivity index (χ2v) is 6.96. The van der Waals surface area contributed by atoms with E-state index < -0.39 is 15.6 Å². The molecule has 0 aromatic heterocycles. The lowest BCUT2D eigenvalue weighted by Gasteiger charge is -2.28. The summed E-state index contributed by atoms with van der Waals surface area (Å²) in [7, 11) is -3.44. The van der Waals surface area contributed by atoms with Crippen molar-refractivity contribution in [1.82, 2.24) is 4.72 Å². The third-order valence-electron chi connectivity index (χ3n) is 3.68. The number of rotatable bonds is 4. The summed E-state index contributed by atoms with van der Waals surface area (Å²) in [5.74, 6) is -0.109.